The molecule has 1 aromatic heterocycles. The van der Waals surface area contributed by atoms with Crippen LogP contribution in [-0.4, -0.2) is 68.2 Å². The zero-order valence-corrected chi connectivity index (χ0v) is 22.1. The summed E-state index contributed by atoms with van der Waals surface area (Å²) < 4.78 is 11.4. The number of ether oxygens (including phenoxy) is 2. The highest BCUT2D eigenvalue weighted by molar-refractivity contribution is 5.73. The fourth-order valence-electron chi connectivity index (χ4n) is 8.63. The Labute approximate surface area is 223 Å². The van der Waals surface area contributed by atoms with E-state index >= 15 is 0 Å². The summed E-state index contributed by atoms with van der Waals surface area (Å²) in [6, 6.07) is 4.21. The number of fused-ring (bicyclic) bond motifs is 5. The molecule has 1 saturated heterocycles. The van der Waals surface area contributed by atoms with Gasteiger partial charge in [0.05, 0.1) is 6.10 Å². The third-order valence-corrected chi connectivity index (χ3v) is 10.8. The molecule has 0 radical (unpaired) electrons. The van der Waals surface area contributed by atoms with E-state index in [0.29, 0.717) is 24.2 Å². The van der Waals surface area contributed by atoms with Gasteiger partial charge in [-0.3, -0.25) is 4.98 Å². The minimum absolute atomic E-state index is 0.0898. The number of aliphatic hydroxyl groups excluding tert-OH is 3. The lowest BCUT2D eigenvalue weighted by molar-refractivity contribution is -0.306. The number of allylic oxidation sites excluding steroid dienone is 3. The molecule has 206 valence electrons. The molecule has 3 fully saturated rings. The molecule has 8 nitrogen and oxygen atoms in total. The molecule has 2 heterocycles. The molecule has 1 aromatic rings. The van der Waals surface area contributed by atoms with Gasteiger partial charge in [-0.1, -0.05) is 37.6 Å². The molecule has 6 rings (SSSR count). The fraction of sp³-hybridized carbons (Fsp3) is 0.667. The molecule has 0 amide bonds. The van der Waals surface area contributed by atoms with Crippen molar-refractivity contribution in [2.45, 2.75) is 95.6 Å². The lowest BCUT2D eigenvalue weighted by atomic mass is 9.47. The number of carboxylic acids is 1. The summed E-state index contributed by atoms with van der Waals surface area (Å²) in [5.74, 6) is 0.452. The Hall–Kier alpha value is -2.10. The van der Waals surface area contributed by atoms with Gasteiger partial charge in [0.15, 0.2) is 12.4 Å². The predicted octanol–water partition coefficient (Wildman–Crippen LogP) is 3.32. The summed E-state index contributed by atoms with van der Waals surface area (Å²) in [5.41, 5.74) is 4.36. The lowest BCUT2D eigenvalue weighted by Gasteiger charge is -2.58. The van der Waals surface area contributed by atoms with E-state index in [4.69, 9.17) is 9.47 Å². The van der Waals surface area contributed by atoms with Gasteiger partial charge in [-0.25, -0.2) is 4.79 Å². The van der Waals surface area contributed by atoms with E-state index in [-0.39, 0.29) is 16.9 Å². The number of hydrogen-bond donors (Lipinski definition) is 4. The van der Waals surface area contributed by atoms with Gasteiger partial charge in [-0.05, 0) is 90.7 Å². The van der Waals surface area contributed by atoms with Crippen LogP contribution in [-0.2, 0) is 14.3 Å². The molecule has 38 heavy (non-hydrogen) atoms. The maximum atomic E-state index is 11.5. The summed E-state index contributed by atoms with van der Waals surface area (Å²) >= 11 is 0. The number of hydrogen-bond acceptors (Lipinski definition) is 7. The van der Waals surface area contributed by atoms with Crippen molar-refractivity contribution in [1.29, 1.82) is 0 Å². The average molecular weight is 526 g/mol. The molecule has 0 unspecified atom stereocenters. The van der Waals surface area contributed by atoms with Gasteiger partial charge in [0, 0.05) is 12.4 Å². The summed E-state index contributed by atoms with van der Waals surface area (Å²) in [5, 5.41) is 39.9. The Morgan fingerprint density at radius 3 is 2.55 bits per heavy atom. The second kappa shape index (κ2) is 9.52. The third-order valence-electron chi connectivity index (χ3n) is 10.8. The molecule has 8 heteroatoms. The number of pyridine rings is 1. The first-order chi connectivity index (χ1) is 18.1. The molecule has 4 N–H and O–H groups in total. The van der Waals surface area contributed by atoms with Gasteiger partial charge in [-0.2, -0.15) is 0 Å². The van der Waals surface area contributed by atoms with Crippen molar-refractivity contribution in [3.8, 4) is 0 Å². The number of aromatic nitrogens is 1. The quantitative estimate of drug-likeness (QED) is 0.441. The molecule has 0 spiro atoms. The normalized spacial score (nSPS) is 46.3. The Balaban J connectivity index is 1.17. The maximum Gasteiger partial charge on any atom is 0.335 e. The van der Waals surface area contributed by atoms with Crippen LogP contribution < -0.4 is 0 Å². The molecular formula is C30H39NO7. The zero-order valence-electron chi connectivity index (χ0n) is 22.1. The Morgan fingerprint density at radius 1 is 1.03 bits per heavy atom. The SMILES string of the molecule is C[C@]12CC[C@H](O[C@@H]3O[C@H](C(=O)O)[C@@H](O)[C@H](O)[C@H]3O)CC1=CC[C@@H]1[C@@H]2CC[C@]2(C)C(c3cccnc3)=CC[C@@H]12. The van der Waals surface area contributed by atoms with E-state index in [1.807, 2.05) is 18.5 Å². The monoisotopic (exact) mass is 525 g/mol. The number of nitrogens with zero attached hydrogens (tertiary/aromatic N) is 1. The number of aliphatic carboxylic acids is 1. The minimum atomic E-state index is -1.71. The van der Waals surface area contributed by atoms with Crippen LogP contribution in [0.1, 0.15) is 64.4 Å². The standard InChI is InChI=1S/C30H39NO7/c1-29-11-9-18(37-28-25(34)23(32)24(33)26(38-28)27(35)36)14-17(29)5-6-19-21-8-7-20(16-4-3-13-31-15-16)30(21,2)12-10-22(19)29/h3-5,7,13,15,18-19,21-26,28,32-34H,6,8-12,14H2,1-2H3,(H,35,36)/t18-,19-,21-,22-,23-,24-,25+,26-,28+,29-,30+/m0/s1. The molecule has 11 atom stereocenters. The number of carboxylic acid groups (broad SMARTS) is 1. The summed E-state index contributed by atoms with van der Waals surface area (Å²) in [7, 11) is 0. The van der Waals surface area contributed by atoms with Crippen LogP contribution in [0.15, 0.2) is 42.3 Å². The number of rotatable bonds is 4. The second-order valence-corrected chi connectivity index (χ2v) is 12.5. The molecule has 1 aliphatic heterocycles. The first kappa shape index (κ1) is 26.1. The number of aliphatic hydroxyl groups is 3. The predicted molar refractivity (Wildman–Crippen MR) is 138 cm³/mol. The minimum Gasteiger partial charge on any atom is -0.479 e. The van der Waals surface area contributed by atoms with E-state index in [9.17, 15) is 25.2 Å². The second-order valence-electron chi connectivity index (χ2n) is 12.5. The Kier molecular flexibility index (Phi) is 6.55. The van der Waals surface area contributed by atoms with Crippen molar-refractivity contribution in [3.05, 3.63) is 47.8 Å². The van der Waals surface area contributed by atoms with Gasteiger partial charge in [0.25, 0.3) is 0 Å². The van der Waals surface area contributed by atoms with Crippen LogP contribution in [0.4, 0.5) is 0 Å². The highest BCUT2D eigenvalue weighted by Crippen LogP contribution is 2.66. The van der Waals surface area contributed by atoms with Gasteiger partial charge in [0.2, 0.25) is 0 Å². The van der Waals surface area contributed by atoms with Crippen LogP contribution in [0.25, 0.3) is 5.57 Å². The third kappa shape index (κ3) is 3.99. The van der Waals surface area contributed by atoms with Crippen molar-refractivity contribution in [2.75, 3.05) is 0 Å². The van der Waals surface area contributed by atoms with Crippen molar-refractivity contribution in [1.82, 2.24) is 4.98 Å². The molecule has 2 saturated carbocycles. The maximum absolute atomic E-state index is 11.5. The van der Waals surface area contributed by atoms with Crippen molar-refractivity contribution in [2.24, 2.45) is 28.6 Å². The van der Waals surface area contributed by atoms with E-state index in [0.717, 1.165) is 25.7 Å². The first-order valence-electron chi connectivity index (χ1n) is 14.0. The van der Waals surface area contributed by atoms with E-state index in [1.165, 1.54) is 29.6 Å². The van der Waals surface area contributed by atoms with E-state index < -0.39 is 36.7 Å². The van der Waals surface area contributed by atoms with Crippen molar-refractivity contribution >= 4 is 11.5 Å². The fourth-order valence-corrected chi connectivity index (χ4v) is 8.63. The van der Waals surface area contributed by atoms with Gasteiger partial charge < -0.3 is 29.9 Å². The van der Waals surface area contributed by atoms with Gasteiger partial charge in [-0.15, -0.1) is 0 Å². The van der Waals surface area contributed by atoms with Crippen molar-refractivity contribution in [3.63, 3.8) is 0 Å². The summed E-state index contributed by atoms with van der Waals surface area (Å²) in [6.07, 6.45) is 7.57. The van der Waals surface area contributed by atoms with Crippen LogP contribution in [0, 0.1) is 28.6 Å². The Morgan fingerprint density at radius 2 is 1.82 bits per heavy atom. The summed E-state index contributed by atoms with van der Waals surface area (Å²) in [6.45, 7) is 4.86. The van der Waals surface area contributed by atoms with Crippen LogP contribution in [0.2, 0.25) is 0 Å². The topological polar surface area (TPSA) is 129 Å². The molecular weight excluding hydrogens is 486 g/mol. The van der Waals surface area contributed by atoms with Gasteiger partial charge in [0.1, 0.15) is 18.3 Å². The molecule has 0 bridgehead atoms. The highest BCUT2D eigenvalue weighted by atomic mass is 16.7. The average Bonchev–Trinajstić information content (AvgIpc) is 3.26. The van der Waals surface area contributed by atoms with Crippen LogP contribution in [0.5, 0.6) is 0 Å². The zero-order chi connectivity index (χ0) is 26.8. The molecule has 4 aliphatic carbocycles. The first-order valence-corrected chi connectivity index (χ1v) is 14.0. The summed E-state index contributed by atoms with van der Waals surface area (Å²) in [4.78, 5) is 15.8. The molecule has 0 aromatic carbocycles. The van der Waals surface area contributed by atoms with E-state index in [2.05, 4.69) is 37.0 Å². The van der Waals surface area contributed by atoms with E-state index in [1.54, 1.807) is 0 Å². The smallest absolute Gasteiger partial charge is 0.335 e. The van der Waals surface area contributed by atoms with Crippen LogP contribution in [0.3, 0.4) is 0 Å². The van der Waals surface area contributed by atoms with Gasteiger partial charge >= 0.3 is 5.97 Å². The Bertz CT molecular complexity index is 1140. The largest absolute Gasteiger partial charge is 0.479 e. The van der Waals surface area contributed by atoms with Crippen LogP contribution >= 0.6 is 0 Å². The lowest BCUT2D eigenvalue weighted by Crippen LogP contribution is -2.61. The van der Waals surface area contributed by atoms with Crippen molar-refractivity contribution < 1.29 is 34.7 Å². The molecule has 5 aliphatic rings. The highest BCUT2D eigenvalue weighted by Gasteiger charge is 2.57. The number of carbonyl (C=O) groups is 1.